The van der Waals surface area contributed by atoms with Gasteiger partial charge in [0.15, 0.2) is 0 Å². The zero-order chi connectivity index (χ0) is 16.4. The predicted octanol–water partition coefficient (Wildman–Crippen LogP) is 3.80. The number of aliphatic carboxylic acids is 1. The zero-order valence-electron chi connectivity index (χ0n) is 13.0. The standard InChI is InChI=1S/C18H22ClNO3/c19-15-9-7-12(8-10-15)16(11-1-2-11)20-17(21)13-3-5-14(6-4-13)18(22)23/h7-11,13-14,16H,1-6H2,(H,20,21)(H,22,23). The van der Waals surface area contributed by atoms with Gasteiger partial charge in [-0.15, -0.1) is 0 Å². The molecule has 0 aliphatic heterocycles. The highest BCUT2D eigenvalue weighted by molar-refractivity contribution is 6.30. The zero-order valence-corrected chi connectivity index (χ0v) is 13.8. The van der Waals surface area contributed by atoms with Gasteiger partial charge in [0.1, 0.15) is 0 Å². The fourth-order valence-corrected chi connectivity index (χ4v) is 3.57. The van der Waals surface area contributed by atoms with Crippen molar-refractivity contribution >= 4 is 23.5 Å². The van der Waals surface area contributed by atoms with Gasteiger partial charge in [-0.2, -0.15) is 0 Å². The van der Waals surface area contributed by atoms with E-state index in [1.54, 1.807) is 0 Å². The van der Waals surface area contributed by atoms with Crippen LogP contribution >= 0.6 is 11.6 Å². The number of nitrogens with one attached hydrogen (secondary N) is 1. The van der Waals surface area contributed by atoms with E-state index in [0.717, 1.165) is 18.4 Å². The molecule has 1 aromatic carbocycles. The lowest BCUT2D eigenvalue weighted by Crippen LogP contribution is -2.37. The molecule has 0 bridgehead atoms. The lowest BCUT2D eigenvalue weighted by atomic mass is 9.81. The summed E-state index contributed by atoms with van der Waals surface area (Å²) in [5.41, 5.74) is 1.10. The molecule has 2 saturated carbocycles. The summed E-state index contributed by atoms with van der Waals surface area (Å²) >= 11 is 5.94. The van der Waals surface area contributed by atoms with Crippen LogP contribution in [0, 0.1) is 17.8 Å². The third-order valence-corrected chi connectivity index (χ3v) is 5.32. The second-order valence-corrected chi connectivity index (χ2v) is 7.20. The van der Waals surface area contributed by atoms with E-state index < -0.39 is 5.97 Å². The number of carboxylic acids is 1. The van der Waals surface area contributed by atoms with Crippen molar-refractivity contribution in [2.75, 3.05) is 0 Å². The third-order valence-electron chi connectivity index (χ3n) is 5.07. The van der Waals surface area contributed by atoms with Crippen molar-refractivity contribution in [2.45, 2.75) is 44.6 Å². The smallest absolute Gasteiger partial charge is 0.306 e. The first-order valence-corrected chi connectivity index (χ1v) is 8.71. The molecule has 2 aliphatic rings. The molecule has 1 unspecified atom stereocenters. The number of carboxylic acid groups (broad SMARTS) is 1. The molecule has 4 nitrogen and oxygen atoms in total. The summed E-state index contributed by atoms with van der Waals surface area (Å²) in [6.07, 6.45) is 4.81. The quantitative estimate of drug-likeness (QED) is 0.860. The van der Waals surface area contributed by atoms with Crippen molar-refractivity contribution in [3.8, 4) is 0 Å². The Labute approximate surface area is 141 Å². The van der Waals surface area contributed by atoms with Gasteiger partial charge in [0, 0.05) is 10.9 Å². The van der Waals surface area contributed by atoms with Gasteiger partial charge in [-0.1, -0.05) is 23.7 Å². The number of hydrogen-bond donors (Lipinski definition) is 2. The van der Waals surface area contributed by atoms with E-state index in [1.165, 1.54) is 0 Å². The molecular weight excluding hydrogens is 314 g/mol. The van der Waals surface area contributed by atoms with Gasteiger partial charge >= 0.3 is 5.97 Å². The van der Waals surface area contributed by atoms with Gasteiger partial charge in [-0.05, 0) is 62.1 Å². The molecule has 0 heterocycles. The summed E-state index contributed by atoms with van der Waals surface area (Å²) in [5.74, 6) is -0.495. The number of carbonyl (C=O) groups is 2. The van der Waals surface area contributed by atoms with Crippen molar-refractivity contribution in [3.63, 3.8) is 0 Å². The Morgan fingerprint density at radius 2 is 1.57 bits per heavy atom. The average Bonchev–Trinajstić information content (AvgIpc) is 3.38. The SMILES string of the molecule is O=C(O)C1CCC(C(=O)NC(c2ccc(Cl)cc2)C2CC2)CC1. The first-order chi connectivity index (χ1) is 11.0. The van der Waals surface area contributed by atoms with Crippen LogP contribution in [-0.2, 0) is 9.59 Å². The molecule has 0 radical (unpaired) electrons. The molecular formula is C18H22ClNO3. The highest BCUT2D eigenvalue weighted by Gasteiger charge is 2.36. The fourth-order valence-electron chi connectivity index (χ4n) is 3.45. The third kappa shape index (κ3) is 4.05. The van der Waals surface area contributed by atoms with Crippen molar-refractivity contribution in [1.82, 2.24) is 5.32 Å². The normalized spacial score (nSPS) is 25.6. The van der Waals surface area contributed by atoms with Gasteiger partial charge in [0.05, 0.1) is 12.0 Å². The molecule has 0 spiro atoms. The van der Waals surface area contributed by atoms with Crippen LogP contribution in [0.2, 0.25) is 5.02 Å². The lowest BCUT2D eigenvalue weighted by Gasteiger charge is -2.27. The highest BCUT2D eigenvalue weighted by atomic mass is 35.5. The first-order valence-electron chi connectivity index (χ1n) is 8.33. The molecule has 5 heteroatoms. The molecule has 0 saturated heterocycles. The van der Waals surface area contributed by atoms with Crippen molar-refractivity contribution < 1.29 is 14.7 Å². The molecule has 23 heavy (non-hydrogen) atoms. The van der Waals surface area contributed by atoms with Crippen LogP contribution in [0.15, 0.2) is 24.3 Å². The number of halogens is 1. The van der Waals surface area contributed by atoms with E-state index in [4.69, 9.17) is 16.7 Å². The summed E-state index contributed by atoms with van der Waals surface area (Å²) in [6.45, 7) is 0. The number of benzene rings is 1. The van der Waals surface area contributed by atoms with E-state index in [-0.39, 0.29) is 23.8 Å². The highest BCUT2D eigenvalue weighted by Crippen LogP contribution is 2.41. The monoisotopic (exact) mass is 335 g/mol. The van der Waals surface area contributed by atoms with Gasteiger partial charge in [0.25, 0.3) is 0 Å². The van der Waals surface area contributed by atoms with E-state index in [9.17, 15) is 9.59 Å². The fraction of sp³-hybridized carbons (Fsp3) is 0.556. The van der Waals surface area contributed by atoms with Crippen LogP contribution in [0.25, 0.3) is 0 Å². The van der Waals surface area contributed by atoms with Gasteiger partial charge in [0.2, 0.25) is 5.91 Å². The van der Waals surface area contributed by atoms with Gasteiger partial charge < -0.3 is 10.4 Å². The molecule has 3 rings (SSSR count). The first kappa shape index (κ1) is 16.3. The van der Waals surface area contributed by atoms with Crippen LogP contribution in [0.1, 0.15) is 50.1 Å². The topological polar surface area (TPSA) is 66.4 Å². The molecule has 0 aromatic heterocycles. The van der Waals surface area contributed by atoms with Crippen molar-refractivity contribution in [3.05, 3.63) is 34.9 Å². The van der Waals surface area contributed by atoms with Gasteiger partial charge in [-0.3, -0.25) is 9.59 Å². The number of amides is 1. The molecule has 124 valence electrons. The molecule has 2 fully saturated rings. The van der Waals surface area contributed by atoms with Crippen molar-refractivity contribution in [1.29, 1.82) is 0 Å². The summed E-state index contributed by atoms with van der Waals surface area (Å²) in [4.78, 5) is 23.6. The van der Waals surface area contributed by atoms with E-state index in [0.29, 0.717) is 36.6 Å². The minimum Gasteiger partial charge on any atom is -0.481 e. The second-order valence-electron chi connectivity index (χ2n) is 6.76. The summed E-state index contributed by atoms with van der Waals surface area (Å²) in [6, 6.07) is 7.73. The maximum absolute atomic E-state index is 12.6. The number of carbonyl (C=O) groups excluding carboxylic acids is 1. The van der Waals surface area contributed by atoms with Gasteiger partial charge in [-0.25, -0.2) is 0 Å². The maximum atomic E-state index is 12.6. The Balaban J connectivity index is 1.61. The van der Waals surface area contributed by atoms with Crippen LogP contribution in [0.3, 0.4) is 0 Å². The Morgan fingerprint density at radius 3 is 2.09 bits per heavy atom. The molecule has 1 atom stereocenters. The lowest BCUT2D eigenvalue weighted by molar-refractivity contribution is -0.144. The van der Waals surface area contributed by atoms with E-state index >= 15 is 0 Å². The molecule has 2 aliphatic carbocycles. The largest absolute Gasteiger partial charge is 0.481 e. The number of rotatable bonds is 5. The molecule has 1 aromatic rings. The Hall–Kier alpha value is -1.55. The average molecular weight is 336 g/mol. The van der Waals surface area contributed by atoms with E-state index in [1.807, 2.05) is 24.3 Å². The Bertz CT molecular complexity index is 574. The van der Waals surface area contributed by atoms with Crippen LogP contribution in [-0.4, -0.2) is 17.0 Å². The molecule has 2 N–H and O–H groups in total. The minimum absolute atomic E-state index is 0.0527. The van der Waals surface area contributed by atoms with Crippen LogP contribution in [0.5, 0.6) is 0 Å². The van der Waals surface area contributed by atoms with Crippen molar-refractivity contribution in [2.24, 2.45) is 17.8 Å². The summed E-state index contributed by atoms with van der Waals surface area (Å²) in [7, 11) is 0. The minimum atomic E-state index is -0.735. The predicted molar refractivity (Wildman–Crippen MR) is 88.1 cm³/mol. The maximum Gasteiger partial charge on any atom is 0.306 e. The van der Waals surface area contributed by atoms with Crippen LogP contribution < -0.4 is 5.32 Å². The second kappa shape index (κ2) is 6.91. The summed E-state index contributed by atoms with van der Waals surface area (Å²) in [5, 5.41) is 12.9. The number of hydrogen-bond acceptors (Lipinski definition) is 2. The summed E-state index contributed by atoms with van der Waals surface area (Å²) < 4.78 is 0. The van der Waals surface area contributed by atoms with E-state index in [2.05, 4.69) is 5.32 Å². The van der Waals surface area contributed by atoms with Crippen LogP contribution in [0.4, 0.5) is 0 Å². The Kier molecular flexibility index (Phi) is 4.90. The Morgan fingerprint density at radius 1 is 1.00 bits per heavy atom. The molecule has 1 amide bonds.